The monoisotopic (exact) mass is 226 g/mol. The van der Waals surface area contributed by atoms with Crippen molar-refractivity contribution < 1.29 is 4.74 Å². The van der Waals surface area contributed by atoms with E-state index in [9.17, 15) is 0 Å². The second-order valence-electron chi connectivity index (χ2n) is 5.70. The van der Waals surface area contributed by atoms with Crippen molar-refractivity contribution in [3.63, 3.8) is 0 Å². The number of morpholine rings is 1. The van der Waals surface area contributed by atoms with Crippen LogP contribution < -0.4 is 5.73 Å². The Hall–Kier alpha value is -0.120. The maximum Gasteiger partial charge on any atom is 0.0594 e. The highest BCUT2D eigenvalue weighted by Gasteiger charge is 2.33. The largest absolute Gasteiger partial charge is 0.379 e. The molecule has 1 heterocycles. The van der Waals surface area contributed by atoms with Gasteiger partial charge in [0, 0.05) is 25.2 Å². The molecule has 2 rings (SSSR count). The summed E-state index contributed by atoms with van der Waals surface area (Å²) in [4.78, 5) is 2.56. The van der Waals surface area contributed by atoms with E-state index in [1.165, 1.54) is 19.3 Å². The Balaban J connectivity index is 1.94. The van der Waals surface area contributed by atoms with Crippen LogP contribution in [0.2, 0.25) is 0 Å². The Kier molecular flexibility index (Phi) is 4.22. The summed E-state index contributed by atoms with van der Waals surface area (Å²) in [5.74, 6) is 1.67. The van der Waals surface area contributed by atoms with Gasteiger partial charge in [-0.2, -0.15) is 0 Å². The molecule has 0 aromatic carbocycles. The standard InChI is InChI=1S/C13H26N2O/c1-10(2)11-3-4-12(14)13(9-11)15-5-7-16-8-6-15/h10-13H,3-9,14H2,1-2H3. The minimum Gasteiger partial charge on any atom is -0.379 e. The van der Waals surface area contributed by atoms with E-state index in [1.54, 1.807) is 0 Å². The van der Waals surface area contributed by atoms with Gasteiger partial charge in [-0.1, -0.05) is 13.8 Å². The van der Waals surface area contributed by atoms with Gasteiger partial charge in [-0.05, 0) is 31.1 Å². The van der Waals surface area contributed by atoms with E-state index in [2.05, 4.69) is 18.7 Å². The van der Waals surface area contributed by atoms with Crippen molar-refractivity contribution in [2.45, 2.75) is 45.2 Å². The van der Waals surface area contributed by atoms with Gasteiger partial charge in [0.25, 0.3) is 0 Å². The molecule has 16 heavy (non-hydrogen) atoms. The van der Waals surface area contributed by atoms with Crippen molar-refractivity contribution in [2.24, 2.45) is 17.6 Å². The zero-order chi connectivity index (χ0) is 11.5. The van der Waals surface area contributed by atoms with Crippen LogP contribution in [0.15, 0.2) is 0 Å². The van der Waals surface area contributed by atoms with Crippen molar-refractivity contribution in [2.75, 3.05) is 26.3 Å². The molecule has 3 unspecified atom stereocenters. The summed E-state index contributed by atoms with van der Waals surface area (Å²) in [5.41, 5.74) is 6.29. The fourth-order valence-electron chi connectivity index (χ4n) is 3.14. The van der Waals surface area contributed by atoms with Crippen LogP contribution in [0, 0.1) is 11.8 Å². The molecule has 0 amide bonds. The number of nitrogens with two attached hydrogens (primary N) is 1. The minimum absolute atomic E-state index is 0.382. The fourth-order valence-corrected chi connectivity index (χ4v) is 3.14. The third kappa shape index (κ3) is 2.76. The number of rotatable bonds is 2. The van der Waals surface area contributed by atoms with Crippen molar-refractivity contribution in [1.29, 1.82) is 0 Å². The summed E-state index contributed by atoms with van der Waals surface area (Å²) in [6, 6.07) is 0.984. The smallest absolute Gasteiger partial charge is 0.0594 e. The van der Waals surface area contributed by atoms with Crippen LogP contribution in [-0.2, 0) is 4.74 Å². The molecule has 3 atom stereocenters. The van der Waals surface area contributed by atoms with Crippen LogP contribution in [0.5, 0.6) is 0 Å². The van der Waals surface area contributed by atoms with Crippen molar-refractivity contribution in [3.05, 3.63) is 0 Å². The highest BCUT2D eigenvalue weighted by Crippen LogP contribution is 2.32. The normalized spacial score (nSPS) is 37.9. The number of hydrogen-bond acceptors (Lipinski definition) is 3. The molecule has 1 saturated heterocycles. The van der Waals surface area contributed by atoms with Gasteiger partial charge in [-0.15, -0.1) is 0 Å². The fraction of sp³-hybridized carbons (Fsp3) is 1.00. The van der Waals surface area contributed by atoms with E-state index >= 15 is 0 Å². The van der Waals surface area contributed by atoms with Gasteiger partial charge < -0.3 is 10.5 Å². The topological polar surface area (TPSA) is 38.5 Å². The number of hydrogen-bond donors (Lipinski definition) is 1. The summed E-state index contributed by atoms with van der Waals surface area (Å²) in [7, 11) is 0. The minimum atomic E-state index is 0.382. The number of nitrogens with zero attached hydrogens (tertiary/aromatic N) is 1. The van der Waals surface area contributed by atoms with Gasteiger partial charge in [0.2, 0.25) is 0 Å². The Labute approximate surface area is 99.3 Å². The van der Waals surface area contributed by atoms with Gasteiger partial charge in [-0.25, -0.2) is 0 Å². The molecule has 0 spiro atoms. The molecule has 2 aliphatic rings. The molecule has 1 aliphatic heterocycles. The van der Waals surface area contributed by atoms with Crippen LogP contribution >= 0.6 is 0 Å². The first-order valence-corrected chi connectivity index (χ1v) is 6.76. The first-order valence-electron chi connectivity index (χ1n) is 6.76. The Bertz CT molecular complexity index is 214. The zero-order valence-electron chi connectivity index (χ0n) is 10.7. The maximum atomic E-state index is 6.29. The maximum absolute atomic E-state index is 6.29. The summed E-state index contributed by atoms with van der Waals surface area (Å²) in [6.45, 7) is 8.60. The predicted octanol–water partition coefficient (Wildman–Crippen LogP) is 1.47. The van der Waals surface area contributed by atoms with E-state index in [0.29, 0.717) is 12.1 Å². The van der Waals surface area contributed by atoms with E-state index in [4.69, 9.17) is 10.5 Å². The van der Waals surface area contributed by atoms with Crippen molar-refractivity contribution in [1.82, 2.24) is 4.90 Å². The van der Waals surface area contributed by atoms with E-state index in [0.717, 1.165) is 38.1 Å². The van der Waals surface area contributed by atoms with Gasteiger partial charge in [-0.3, -0.25) is 4.90 Å². The van der Waals surface area contributed by atoms with Gasteiger partial charge in [0.15, 0.2) is 0 Å². The van der Waals surface area contributed by atoms with Gasteiger partial charge in [0.1, 0.15) is 0 Å². The zero-order valence-corrected chi connectivity index (χ0v) is 10.7. The first-order chi connectivity index (χ1) is 7.68. The molecule has 1 aliphatic carbocycles. The molecule has 2 fully saturated rings. The number of ether oxygens (including phenoxy) is 1. The lowest BCUT2D eigenvalue weighted by Crippen LogP contribution is -2.54. The molecular formula is C13H26N2O. The summed E-state index contributed by atoms with van der Waals surface area (Å²) >= 11 is 0. The Morgan fingerprint density at radius 2 is 1.88 bits per heavy atom. The van der Waals surface area contributed by atoms with Crippen LogP contribution in [0.4, 0.5) is 0 Å². The van der Waals surface area contributed by atoms with Gasteiger partial charge >= 0.3 is 0 Å². The van der Waals surface area contributed by atoms with E-state index in [-0.39, 0.29) is 0 Å². The molecule has 0 aromatic rings. The molecule has 94 valence electrons. The first kappa shape index (κ1) is 12.3. The highest BCUT2D eigenvalue weighted by atomic mass is 16.5. The summed E-state index contributed by atoms with van der Waals surface area (Å²) < 4.78 is 5.42. The second-order valence-corrected chi connectivity index (χ2v) is 5.70. The third-order valence-corrected chi connectivity index (χ3v) is 4.37. The Morgan fingerprint density at radius 3 is 2.50 bits per heavy atom. The summed E-state index contributed by atoms with van der Waals surface area (Å²) in [5, 5.41) is 0. The van der Waals surface area contributed by atoms with Crippen LogP contribution in [0.3, 0.4) is 0 Å². The highest BCUT2D eigenvalue weighted by molar-refractivity contribution is 4.90. The molecule has 3 nitrogen and oxygen atoms in total. The van der Waals surface area contributed by atoms with Gasteiger partial charge in [0.05, 0.1) is 13.2 Å². The molecule has 0 radical (unpaired) electrons. The molecule has 3 heteroatoms. The lowest BCUT2D eigenvalue weighted by atomic mass is 9.76. The third-order valence-electron chi connectivity index (χ3n) is 4.37. The van der Waals surface area contributed by atoms with E-state index in [1.807, 2.05) is 0 Å². The Morgan fingerprint density at radius 1 is 1.19 bits per heavy atom. The molecular weight excluding hydrogens is 200 g/mol. The molecule has 0 aromatic heterocycles. The average Bonchev–Trinajstić information content (AvgIpc) is 2.30. The SMILES string of the molecule is CC(C)C1CCC(N)C(N2CCOCC2)C1. The quantitative estimate of drug-likeness (QED) is 0.775. The molecule has 2 N–H and O–H groups in total. The summed E-state index contributed by atoms with van der Waals surface area (Å²) in [6.07, 6.45) is 3.81. The van der Waals surface area contributed by atoms with Crippen molar-refractivity contribution in [3.8, 4) is 0 Å². The molecule has 0 bridgehead atoms. The predicted molar refractivity (Wildman–Crippen MR) is 66.3 cm³/mol. The lowest BCUT2D eigenvalue weighted by molar-refractivity contribution is -0.00564. The average molecular weight is 226 g/mol. The second kappa shape index (κ2) is 5.48. The van der Waals surface area contributed by atoms with Crippen LogP contribution in [0.1, 0.15) is 33.1 Å². The van der Waals surface area contributed by atoms with E-state index < -0.39 is 0 Å². The lowest BCUT2D eigenvalue weighted by Gasteiger charge is -2.43. The van der Waals surface area contributed by atoms with Crippen LogP contribution in [-0.4, -0.2) is 43.3 Å². The molecule has 1 saturated carbocycles. The van der Waals surface area contributed by atoms with Crippen molar-refractivity contribution >= 4 is 0 Å². The van der Waals surface area contributed by atoms with Crippen LogP contribution in [0.25, 0.3) is 0 Å².